The van der Waals surface area contributed by atoms with Crippen molar-refractivity contribution < 1.29 is 47.5 Å². The standard InChI is InChI=1S/C33H35ClO10/c1-22(35)13-18-28(36)44-31-30(40-20-24-11-7-4-8-12-24)29(39-19-23-9-5-3-6-10-23)27(43-32(31)38-2)21-41-33(37)42-26-16-14-25(34)15-17-26/h3-12,14-17,27,29-32H,13,18-21H2,1-2H3/t27-,29-,30+,31-,32-/m1/s1. The number of rotatable bonds is 14. The van der Waals surface area contributed by atoms with Gasteiger partial charge in [0, 0.05) is 18.6 Å². The maximum atomic E-state index is 12.8. The molecule has 1 fully saturated rings. The zero-order chi connectivity index (χ0) is 31.3. The van der Waals surface area contributed by atoms with Crippen molar-refractivity contribution in [2.24, 2.45) is 0 Å². The molecule has 0 aliphatic carbocycles. The fourth-order valence-electron chi connectivity index (χ4n) is 4.52. The van der Waals surface area contributed by atoms with Crippen LogP contribution in [0.3, 0.4) is 0 Å². The Morgan fingerprint density at radius 1 is 0.773 bits per heavy atom. The third kappa shape index (κ3) is 10.1. The van der Waals surface area contributed by atoms with Gasteiger partial charge < -0.3 is 38.0 Å². The van der Waals surface area contributed by atoms with Crippen molar-refractivity contribution in [3.63, 3.8) is 0 Å². The number of halogens is 1. The summed E-state index contributed by atoms with van der Waals surface area (Å²) < 4.78 is 40.9. The quantitative estimate of drug-likeness (QED) is 0.163. The highest BCUT2D eigenvalue weighted by Crippen LogP contribution is 2.31. The molecule has 3 aromatic rings. The van der Waals surface area contributed by atoms with E-state index in [2.05, 4.69) is 0 Å². The molecule has 0 saturated carbocycles. The predicted octanol–water partition coefficient (Wildman–Crippen LogP) is 5.68. The van der Waals surface area contributed by atoms with E-state index in [0.29, 0.717) is 5.02 Å². The maximum absolute atomic E-state index is 12.8. The van der Waals surface area contributed by atoms with Gasteiger partial charge in [-0.25, -0.2) is 4.79 Å². The molecule has 10 nitrogen and oxygen atoms in total. The number of Topliss-reactive ketones (excluding diaryl/α,β-unsaturated/α-hetero) is 1. The van der Waals surface area contributed by atoms with Crippen LogP contribution in [0.25, 0.3) is 0 Å². The summed E-state index contributed by atoms with van der Waals surface area (Å²) >= 11 is 5.91. The fraction of sp³-hybridized carbons (Fsp3) is 0.364. The second kappa shape index (κ2) is 16.9. The Kier molecular flexibility index (Phi) is 12.7. The van der Waals surface area contributed by atoms with Gasteiger partial charge in [0.1, 0.15) is 36.5 Å². The van der Waals surface area contributed by atoms with Crippen LogP contribution < -0.4 is 4.74 Å². The molecule has 0 radical (unpaired) electrons. The van der Waals surface area contributed by atoms with Crippen molar-refractivity contribution in [2.45, 2.75) is 63.7 Å². The highest BCUT2D eigenvalue weighted by atomic mass is 35.5. The van der Waals surface area contributed by atoms with Crippen molar-refractivity contribution in [1.29, 1.82) is 0 Å². The smallest absolute Gasteiger partial charge is 0.454 e. The molecule has 0 spiro atoms. The van der Waals surface area contributed by atoms with Gasteiger partial charge in [-0.15, -0.1) is 0 Å². The summed E-state index contributed by atoms with van der Waals surface area (Å²) in [6.07, 6.45) is -5.94. The number of hydrogen-bond acceptors (Lipinski definition) is 10. The van der Waals surface area contributed by atoms with Crippen LogP contribution in [0.1, 0.15) is 30.9 Å². The molecule has 0 aromatic heterocycles. The molecule has 1 heterocycles. The van der Waals surface area contributed by atoms with Crippen molar-refractivity contribution in [3.8, 4) is 5.75 Å². The molecule has 1 saturated heterocycles. The van der Waals surface area contributed by atoms with Gasteiger partial charge in [-0.3, -0.25) is 4.79 Å². The summed E-state index contributed by atoms with van der Waals surface area (Å²) in [5, 5.41) is 0.489. The van der Waals surface area contributed by atoms with E-state index in [4.69, 9.17) is 44.8 Å². The normalized spacial score (nSPS) is 21.3. The lowest BCUT2D eigenvalue weighted by Gasteiger charge is -2.44. The Balaban J connectivity index is 1.57. The second-order valence-corrected chi connectivity index (χ2v) is 10.5. The zero-order valence-electron chi connectivity index (χ0n) is 24.5. The third-order valence-corrected chi connectivity index (χ3v) is 6.98. The van der Waals surface area contributed by atoms with E-state index in [1.165, 1.54) is 26.2 Å². The summed E-state index contributed by atoms with van der Waals surface area (Å²) in [5.41, 5.74) is 1.75. The van der Waals surface area contributed by atoms with Crippen LogP contribution in [0, 0.1) is 0 Å². The monoisotopic (exact) mass is 626 g/mol. The van der Waals surface area contributed by atoms with Crippen LogP contribution in [-0.2, 0) is 51.2 Å². The van der Waals surface area contributed by atoms with E-state index in [-0.39, 0.29) is 44.2 Å². The minimum atomic E-state index is -1.10. The number of carbonyl (C=O) groups excluding carboxylic acids is 3. The molecule has 0 amide bonds. The summed E-state index contributed by atoms with van der Waals surface area (Å²) in [5.74, 6) is -0.516. The van der Waals surface area contributed by atoms with E-state index in [9.17, 15) is 14.4 Å². The molecule has 0 unspecified atom stereocenters. The van der Waals surface area contributed by atoms with Crippen LogP contribution in [0.4, 0.5) is 4.79 Å². The lowest BCUT2D eigenvalue weighted by Crippen LogP contribution is -2.62. The number of benzene rings is 3. The van der Waals surface area contributed by atoms with Gasteiger partial charge >= 0.3 is 12.1 Å². The second-order valence-electron chi connectivity index (χ2n) is 10.1. The van der Waals surface area contributed by atoms with Crippen LogP contribution in [0.15, 0.2) is 84.9 Å². The van der Waals surface area contributed by atoms with Gasteiger partial charge in [0.05, 0.1) is 19.6 Å². The highest BCUT2D eigenvalue weighted by molar-refractivity contribution is 6.30. The Morgan fingerprint density at radius 3 is 1.93 bits per heavy atom. The molecular weight excluding hydrogens is 592 g/mol. The average molecular weight is 627 g/mol. The molecule has 4 rings (SSSR count). The van der Waals surface area contributed by atoms with Crippen LogP contribution >= 0.6 is 11.6 Å². The summed E-state index contributed by atoms with van der Waals surface area (Å²) in [4.78, 5) is 36.9. The minimum absolute atomic E-state index is 0.0275. The molecule has 1 aliphatic heterocycles. The number of hydrogen-bond donors (Lipinski definition) is 0. The topological polar surface area (TPSA) is 116 Å². The van der Waals surface area contributed by atoms with Gasteiger partial charge in [-0.1, -0.05) is 72.3 Å². The van der Waals surface area contributed by atoms with Gasteiger partial charge in [0.25, 0.3) is 0 Å². The molecule has 11 heteroatoms. The Hall–Kier alpha value is -3.80. The van der Waals surface area contributed by atoms with Crippen molar-refractivity contribution in [1.82, 2.24) is 0 Å². The van der Waals surface area contributed by atoms with E-state index in [1.54, 1.807) is 12.1 Å². The van der Waals surface area contributed by atoms with Crippen molar-refractivity contribution in [3.05, 3.63) is 101 Å². The Labute approximate surface area is 261 Å². The lowest BCUT2D eigenvalue weighted by atomic mass is 9.98. The molecule has 234 valence electrons. The van der Waals surface area contributed by atoms with Crippen LogP contribution in [0.2, 0.25) is 5.02 Å². The molecule has 1 aliphatic rings. The number of esters is 1. The van der Waals surface area contributed by atoms with E-state index in [1.807, 2.05) is 60.7 Å². The van der Waals surface area contributed by atoms with Gasteiger partial charge in [-0.05, 0) is 42.3 Å². The molecule has 0 N–H and O–H groups in total. The number of carbonyl (C=O) groups is 3. The molecule has 44 heavy (non-hydrogen) atoms. The first-order chi connectivity index (χ1) is 21.3. The van der Waals surface area contributed by atoms with Gasteiger partial charge in [0.2, 0.25) is 0 Å². The third-order valence-electron chi connectivity index (χ3n) is 6.72. The Bertz CT molecular complexity index is 1340. The van der Waals surface area contributed by atoms with E-state index >= 15 is 0 Å². The predicted molar refractivity (Wildman–Crippen MR) is 159 cm³/mol. The zero-order valence-corrected chi connectivity index (χ0v) is 25.2. The Morgan fingerprint density at radius 2 is 1.36 bits per heavy atom. The summed E-state index contributed by atoms with van der Waals surface area (Å²) in [7, 11) is 1.40. The molecule has 5 atom stereocenters. The first-order valence-corrected chi connectivity index (χ1v) is 14.5. The molecule has 3 aromatic carbocycles. The number of ether oxygens (including phenoxy) is 7. The SMILES string of the molecule is CO[C@@H]1O[C@H](COC(=O)Oc2ccc(Cl)cc2)[C@@H](OCc2ccccc2)[C@H](OCc2ccccc2)[C@H]1OC(=O)CCC(C)=O. The maximum Gasteiger partial charge on any atom is 0.513 e. The molecule has 0 bridgehead atoms. The van der Waals surface area contributed by atoms with Crippen LogP contribution in [-0.4, -0.2) is 62.3 Å². The number of methoxy groups -OCH3 is 1. The lowest BCUT2D eigenvalue weighted by molar-refractivity contribution is -0.314. The first kappa shape index (κ1) is 33.1. The van der Waals surface area contributed by atoms with Crippen molar-refractivity contribution >= 4 is 29.5 Å². The van der Waals surface area contributed by atoms with Gasteiger partial charge in [-0.2, -0.15) is 0 Å². The fourth-order valence-corrected chi connectivity index (χ4v) is 4.65. The van der Waals surface area contributed by atoms with Crippen LogP contribution in [0.5, 0.6) is 5.75 Å². The highest BCUT2D eigenvalue weighted by Gasteiger charge is 2.50. The summed E-state index contributed by atoms with van der Waals surface area (Å²) in [6, 6.07) is 25.1. The van der Waals surface area contributed by atoms with Crippen molar-refractivity contribution in [2.75, 3.05) is 13.7 Å². The molecular formula is C33H35ClO10. The van der Waals surface area contributed by atoms with E-state index in [0.717, 1.165) is 11.1 Å². The number of ketones is 1. The average Bonchev–Trinajstić information content (AvgIpc) is 3.03. The first-order valence-electron chi connectivity index (χ1n) is 14.1. The largest absolute Gasteiger partial charge is 0.513 e. The minimum Gasteiger partial charge on any atom is -0.454 e. The van der Waals surface area contributed by atoms with Gasteiger partial charge in [0.15, 0.2) is 12.4 Å². The van der Waals surface area contributed by atoms with E-state index < -0.39 is 42.8 Å². The summed E-state index contributed by atoms with van der Waals surface area (Å²) in [6.45, 7) is 1.42.